The number of esters is 1. The largest absolute Gasteiger partial charge is 0.476 e. The van der Waals surface area contributed by atoms with Crippen LogP contribution in [0.5, 0.6) is 0 Å². The van der Waals surface area contributed by atoms with Gasteiger partial charge in [-0.05, 0) is 60.6 Å². The van der Waals surface area contributed by atoms with Crippen molar-refractivity contribution in [3.63, 3.8) is 0 Å². The van der Waals surface area contributed by atoms with E-state index in [1.165, 1.54) is 11.8 Å². The molecule has 8 heteroatoms. The molecule has 0 saturated carbocycles. The topological polar surface area (TPSA) is 90.7 Å². The highest BCUT2D eigenvalue weighted by Gasteiger charge is 2.33. The first-order valence-corrected chi connectivity index (χ1v) is 11.1. The molecule has 0 aliphatic carbocycles. The van der Waals surface area contributed by atoms with Crippen LogP contribution >= 0.6 is 11.8 Å². The number of ether oxygens (including phenoxy) is 2. The van der Waals surface area contributed by atoms with Gasteiger partial charge >= 0.3 is 11.9 Å². The minimum absolute atomic E-state index is 0.0380. The monoisotopic (exact) mass is 448 g/mol. The number of imidazole rings is 1. The van der Waals surface area contributed by atoms with Gasteiger partial charge in [0.25, 0.3) is 0 Å². The Morgan fingerprint density at radius 2 is 1.74 bits per heavy atom. The van der Waals surface area contributed by atoms with Crippen molar-refractivity contribution in [2.45, 2.75) is 70.3 Å². The second kappa shape index (κ2) is 9.87. The van der Waals surface area contributed by atoms with Crippen LogP contribution in [0.15, 0.2) is 29.2 Å². The molecule has 0 spiro atoms. The van der Waals surface area contributed by atoms with E-state index < -0.39 is 16.3 Å². The molecule has 2 aromatic rings. The number of aromatic carboxylic acids is 1. The van der Waals surface area contributed by atoms with Crippen molar-refractivity contribution in [3.05, 3.63) is 35.7 Å². The quantitative estimate of drug-likeness (QED) is 0.334. The molecule has 1 N–H and O–H groups in total. The SMILES string of the molecule is CCOCCn1c(-c2ccc(SC(C)(C)C(=O)OC(C)(C)C)cc2)nc(C(=O)O)c1C. The van der Waals surface area contributed by atoms with Crippen LogP contribution in [0.4, 0.5) is 0 Å². The average molecular weight is 449 g/mol. The second-order valence-corrected chi connectivity index (χ2v) is 10.4. The molecule has 31 heavy (non-hydrogen) atoms. The number of aromatic nitrogens is 2. The fraction of sp³-hybridized carbons (Fsp3) is 0.522. The molecule has 0 aliphatic rings. The third-order valence-corrected chi connectivity index (χ3v) is 5.65. The molecule has 0 saturated heterocycles. The molecule has 1 heterocycles. The highest BCUT2D eigenvalue weighted by atomic mass is 32.2. The molecule has 0 fully saturated rings. The maximum atomic E-state index is 12.5. The predicted molar refractivity (Wildman–Crippen MR) is 122 cm³/mol. The number of rotatable bonds is 9. The van der Waals surface area contributed by atoms with Gasteiger partial charge in [0.05, 0.1) is 6.61 Å². The van der Waals surface area contributed by atoms with Crippen LogP contribution in [-0.2, 0) is 20.8 Å². The van der Waals surface area contributed by atoms with Crippen LogP contribution < -0.4 is 0 Å². The van der Waals surface area contributed by atoms with E-state index in [2.05, 4.69) is 4.98 Å². The van der Waals surface area contributed by atoms with Crippen LogP contribution in [0.1, 0.15) is 57.7 Å². The van der Waals surface area contributed by atoms with Crippen LogP contribution in [0, 0.1) is 6.92 Å². The highest BCUT2D eigenvalue weighted by Crippen LogP contribution is 2.35. The van der Waals surface area contributed by atoms with Gasteiger partial charge < -0.3 is 19.1 Å². The maximum absolute atomic E-state index is 12.5. The fourth-order valence-corrected chi connectivity index (χ4v) is 3.93. The van der Waals surface area contributed by atoms with Gasteiger partial charge in [-0.2, -0.15) is 0 Å². The number of hydrogen-bond donors (Lipinski definition) is 1. The summed E-state index contributed by atoms with van der Waals surface area (Å²) in [4.78, 5) is 29.4. The number of nitrogens with zero attached hydrogens (tertiary/aromatic N) is 2. The van der Waals surface area contributed by atoms with Gasteiger partial charge in [0.2, 0.25) is 0 Å². The number of carboxylic acids is 1. The zero-order valence-electron chi connectivity index (χ0n) is 19.3. The van der Waals surface area contributed by atoms with Crippen molar-refractivity contribution in [1.29, 1.82) is 0 Å². The highest BCUT2D eigenvalue weighted by molar-refractivity contribution is 8.01. The summed E-state index contributed by atoms with van der Waals surface area (Å²) in [7, 11) is 0. The number of carbonyl (C=O) groups excluding carboxylic acids is 1. The van der Waals surface area contributed by atoms with Crippen LogP contribution in [-0.4, -0.2) is 50.2 Å². The number of hydrogen-bond acceptors (Lipinski definition) is 6. The minimum Gasteiger partial charge on any atom is -0.476 e. The Balaban J connectivity index is 2.27. The fourth-order valence-electron chi connectivity index (χ4n) is 2.94. The van der Waals surface area contributed by atoms with Gasteiger partial charge in [0.1, 0.15) is 16.2 Å². The lowest BCUT2D eigenvalue weighted by molar-refractivity contribution is -0.156. The molecule has 0 atom stereocenters. The first kappa shape index (κ1) is 24.9. The van der Waals surface area contributed by atoms with Crippen molar-refractivity contribution in [3.8, 4) is 11.4 Å². The number of benzene rings is 1. The Morgan fingerprint density at radius 1 is 1.13 bits per heavy atom. The number of carboxylic acid groups (broad SMARTS) is 1. The van der Waals surface area contributed by atoms with Gasteiger partial charge in [-0.15, -0.1) is 11.8 Å². The molecule has 2 rings (SSSR count). The molecule has 0 bridgehead atoms. The summed E-state index contributed by atoms with van der Waals surface area (Å²) in [5, 5.41) is 9.47. The van der Waals surface area contributed by atoms with Crippen LogP contribution in [0.2, 0.25) is 0 Å². The summed E-state index contributed by atoms with van der Waals surface area (Å²) < 4.78 is 12.1. The third-order valence-electron chi connectivity index (χ3n) is 4.46. The van der Waals surface area contributed by atoms with Crippen molar-refractivity contribution in [2.24, 2.45) is 0 Å². The Bertz CT molecular complexity index is 927. The van der Waals surface area contributed by atoms with E-state index in [0.717, 1.165) is 10.5 Å². The molecule has 0 radical (unpaired) electrons. The second-order valence-electron chi connectivity index (χ2n) is 8.66. The van der Waals surface area contributed by atoms with E-state index >= 15 is 0 Å². The van der Waals surface area contributed by atoms with Crippen LogP contribution in [0.25, 0.3) is 11.4 Å². The molecule has 7 nitrogen and oxygen atoms in total. The van der Waals surface area contributed by atoms with Gasteiger partial charge in [-0.3, -0.25) is 4.79 Å². The Morgan fingerprint density at radius 3 is 2.26 bits per heavy atom. The lowest BCUT2D eigenvalue weighted by Crippen LogP contribution is -2.36. The van der Waals surface area contributed by atoms with Crippen molar-refractivity contribution in [2.75, 3.05) is 13.2 Å². The van der Waals surface area contributed by atoms with E-state index in [1.54, 1.807) is 6.92 Å². The molecule has 1 aromatic heterocycles. The van der Waals surface area contributed by atoms with E-state index in [0.29, 0.717) is 31.3 Å². The molecule has 0 aliphatic heterocycles. The lowest BCUT2D eigenvalue weighted by Gasteiger charge is -2.28. The minimum atomic E-state index is -1.06. The molecule has 170 valence electrons. The third kappa shape index (κ3) is 6.58. The maximum Gasteiger partial charge on any atom is 0.356 e. The van der Waals surface area contributed by atoms with Crippen molar-refractivity contribution >= 4 is 23.7 Å². The average Bonchev–Trinajstić information content (AvgIpc) is 2.98. The smallest absolute Gasteiger partial charge is 0.356 e. The summed E-state index contributed by atoms with van der Waals surface area (Å²) in [6.07, 6.45) is 0. The first-order valence-electron chi connectivity index (χ1n) is 10.3. The summed E-state index contributed by atoms with van der Waals surface area (Å²) in [5.74, 6) is -0.750. The van der Waals surface area contributed by atoms with E-state index in [4.69, 9.17) is 9.47 Å². The van der Waals surface area contributed by atoms with Crippen molar-refractivity contribution < 1.29 is 24.2 Å². The first-order chi connectivity index (χ1) is 14.4. The van der Waals surface area contributed by atoms with Gasteiger partial charge in [-0.1, -0.05) is 12.1 Å². The molecule has 0 amide bonds. The van der Waals surface area contributed by atoms with Gasteiger partial charge in [0, 0.05) is 29.3 Å². The lowest BCUT2D eigenvalue weighted by atomic mass is 10.1. The predicted octanol–water partition coefficient (Wildman–Crippen LogP) is 4.81. The molecule has 1 aromatic carbocycles. The normalized spacial score (nSPS) is 12.1. The number of carbonyl (C=O) groups is 2. The summed E-state index contributed by atoms with van der Waals surface area (Å²) in [6.45, 7) is 14.5. The Kier molecular flexibility index (Phi) is 7.94. The van der Waals surface area contributed by atoms with Gasteiger partial charge in [-0.25, -0.2) is 9.78 Å². The zero-order chi connectivity index (χ0) is 23.4. The van der Waals surface area contributed by atoms with Crippen molar-refractivity contribution in [1.82, 2.24) is 9.55 Å². The molecule has 0 unspecified atom stereocenters. The summed E-state index contributed by atoms with van der Waals surface area (Å²) in [5.41, 5.74) is 0.881. The summed E-state index contributed by atoms with van der Waals surface area (Å²) in [6, 6.07) is 7.59. The van der Waals surface area contributed by atoms with Crippen LogP contribution in [0.3, 0.4) is 0 Å². The standard InChI is InChI=1S/C23H32N2O5S/c1-8-29-14-13-25-15(2)18(20(26)27)24-19(25)16-9-11-17(12-10-16)31-23(6,7)21(28)30-22(3,4)5/h9-12H,8,13-14H2,1-7H3,(H,26,27). The Labute approximate surface area is 188 Å². The van der Waals surface area contributed by atoms with E-state index in [9.17, 15) is 14.7 Å². The Hall–Kier alpha value is -2.32. The molecular formula is C23H32N2O5S. The van der Waals surface area contributed by atoms with E-state index in [1.807, 2.05) is 70.4 Å². The van der Waals surface area contributed by atoms with E-state index in [-0.39, 0.29) is 11.7 Å². The van der Waals surface area contributed by atoms with Gasteiger partial charge in [0.15, 0.2) is 5.69 Å². The zero-order valence-corrected chi connectivity index (χ0v) is 20.1. The molecular weight excluding hydrogens is 416 g/mol. The number of thioether (sulfide) groups is 1. The summed E-state index contributed by atoms with van der Waals surface area (Å²) >= 11 is 1.42.